The van der Waals surface area contributed by atoms with Crippen molar-refractivity contribution in [2.24, 2.45) is 0 Å². The number of nitrogens with zero attached hydrogens (tertiary/aromatic N) is 3. The van der Waals surface area contributed by atoms with E-state index in [0.717, 1.165) is 5.69 Å². The van der Waals surface area contributed by atoms with Gasteiger partial charge in [-0.05, 0) is 26.0 Å². The molecule has 0 aliphatic carbocycles. The largest absolute Gasteiger partial charge is 0.372 e. The fraction of sp³-hybridized carbons (Fsp3) is 0.467. The summed E-state index contributed by atoms with van der Waals surface area (Å²) in [6.07, 6.45) is 2.14. The molecule has 1 amide bonds. The Bertz CT molecular complexity index is 488. The summed E-state index contributed by atoms with van der Waals surface area (Å²) in [5.74, 6) is -0.0441. The number of hydrogen-bond donors (Lipinski definition) is 0. The minimum atomic E-state index is -0.0441. The van der Waals surface area contributed by atoms with Crippen LogP contribution in [0.25, 0.3) is 0 Å². The maximum Gasteiger partial charge on any atom is 0.243 e. The lowest BCUT2D eigenvalue weighted by molar-refractivity contribution is -0.141. The molecule has 0 unspecified atom stereocenters. The first kappa shape index (κ1) is 14.4. The normalized spacial score (nSPS) is 22.1. The van der Waals surface area contributed by atoms with Crippen molar-refractivity contribution in [1.82, 2.24) is 4.90 Å². The number of ether oxygens (including phenoxy) is 1. The topological polar surface area (TPSA) is 56.6 Å². The van der Waals surface area contributed by atoms with Gasteiger partial charge in [-0.25, -0.2) is 0 Å². The number of nitriles is 1. The first-order valence-corrected chi connectivity index (χ1v) is 6.75. The number of anilines is 1. The van der Waals surface area contributed by atoms with E-state index in [1.807, 2.05) is 44.2 Å². The molecule has 0 aromatic heterocycles. The Morgan fingerprint density at radius 2 is 1.95 bits per heavy atom. The van der Waals surface area contributed by atoms with E-state index in [1.54, 1.807) is 4.90 Å². The zero-order valence-electron chi connectivity index (χ0n) is 11.8. The predicted octanol–water partition coefficient (Wildman–Crippen LogP) is 1.61. The number of morpholine rings is 1. The van der Waals surface area contributed by atoms with E-state index in [-0.39, 0.29) is 24.7 Å². The van der Waals surface area contributed by atoms with Crippen LogP contribution in [0.5, 0.6) is 0 Å². The summed E-state index contributed by atoms with van der Waals surface area (Å²) in [5, 5.41) is 9.21. The Morgan fingerprint density at radius 3 is 2.50 bits per heavy atom. The van der Waals surface area contributed by atoms with Crippen molar-refractivity contribution < 1.29 is 9.53 Å². The van der Waals surface area contributed by atoms with Gasteiger partial charge in [-0.1, -0.05) is 18.2 Å². The Kier molecular flexibility index (Phi) is 4.59. The van der Waals surface area contributed by atoms with Gasteiger partial charge in [0.2, 0.25) is 5.91 Å². The zero-order chi connectivity index (χ0) is 14.5. The standard InChI is InChI=1S/C15H19N3O2/c1-12-8-17(9-13(2)20-12)15(19)10-18(11-16)14-6-4-3-5-7-14/h3-7,12-13H,8-10H2,1-2H3/t12-,13-/m1/s1. The van der Waals surface area contributed by atoms with Crippen molar-refractivity contribution in [2.75, 3.05) is 24.5 Å². The van der Waals surface area contributed by atoms with Crippen molar-refractivity contribution in [1.29, 1.82) is 5.26 Å². The summed E-state index contributed by atoms with van der Waals surface area (Å²) in [4.78, 5) is 15.5. The van der Waals surface area contributed by atoms with E-state index < -0.39 is 0 Å². The number of amides is 1. The molecule has 5 nitrogen and oxygen atoms in total. The van der Waals surface area contributed by atoms with Gasteiger partial charge in [-0.3, -0.25) is 9.69 Å². The molecule has 1 aliphatic rings. The molecule has 0 N–H and O–H groups in total. The van der Waals surface area contributed by atoms with Crippen LogP contribution in [0.3, 0.4) is 0 Å². The molecule has 5 heteroatoms. The smallest absolute Gasteiger partial charge is 0.243 e. The van der Waals surface area contributed by atoms with E-state index in [1.165, 1.54) is 4.90 Å². The fourth-order valence-corrected chi connectivity index (χ4v) is 2.41. The average molecular weight is 273 g/mol. The van der Waals surface area contributed by atoms with E-state index in [4.69, 9.17) is 4.74 Å². The molecule has 1 heterocycles. The van der Waals surface area contributed by atoms with E-state index >= 15 is 0 Å². The SMILES string of the molecule is C[C@@H]1CN(C(=O)CN(C#N)c2ccccc2)C[C@@H](C)O1. The molecule has 0 spiro atoms. The van der Waals surface area contributed by atoms with Crippen molar-refractivity contribution in [3.05, 3.63) is 30.3 Å². The van der Waals surface area contributed by atoms with Gasteiger partial charge >= 0.3 is 0 Å². The average Bonchev–Trinajstić information content (AvgIpc) is 2.44. The van der Waals surface area contributed by atoms with E-state index in [2.05, 4.69) is 6.19 Å². The highest BCUT2D eigenvalue weighted by Crippen LogP contribution is 2.14. The van der Waals surface area contributed by atoms with E-state index in [9.17, 15) is 10.1 Å². The van der Waals surface area contributed by atoms with Crippen LogP contribution in [0.2, 0.25) is 0 Å². The zero-order valence-corrected chi connectivity index (χ0v) is 11.8. The first-order chi connectivity index (χ1) is 9.60. The van der Waals surface area contributed by atoms with Crippen LogP contribution in [-0.4, -0.2) is 42.6 Å². The molecule has 2 rings (SSSR count). The lowest BCUT2D eigenvalue weighted by Crippen LogP contribution is -2.50. The van der Waals surface area contributed by atoms with Gasteiger partial charge in [0.15, 0.2) is 6.19 Å². The van der Waals surface area contributed by atoms with Crippen molar-refractivity contribution >= 4 is 11.6 Å². The van der Waals surface area contributed by atoms with Gasteiger partial charge in [0.05, 0.1) is 17.9 Å². The summed E-state index contributed by atoms with van der Waals surface area (Å²) in [5.41, 5.74) is 0.734. The highest BCUT2D eigenvalue weighted by Gasteiger charge is 2.26. The molecule has 1 aliphatic heterocycles. The summed E-state index contributed by atoms with van der Waals surface area (Å²) in [6.45, 7) is 5.14. The van der Waals surface area contributed by atoms with Gasteiger partial charge in [-0.2, -0.15) is 5.26 Å². The van der Waals surface area contributed by atoms with Crippen LogP contribution < -0.4 is 4.90 Å². The molecule has 1 aromatic carbocycles. The van der Waals surface area contributed by atoms with Gasteiger partial charge in [-0.15, -0.1) is 0 Å². The Morgan fingerprint density at radius 1 is 1.35 bits per heavy atom. The van der Waals surface area contributed by atoms with Crippen LogP contribution in [0.1, 0.15) is 13.8 Å². The summed E-state index contributed by atoms with van der Waals surface area (Å²) < 4.78 is 5.61. The molecular formula is C15H19N3O2. The lowest BCUT2D eigenvalue weighted by atomic mass is 10.2. The third kappa shape index (κ3) is 3.49. The highest BCUT2D eigenvalue weighted by atomic mass is 16.5. The minimum absolute atomic E-state index is 0.0370. The molecule has 1 saturated heterocycles. The Hall–Kier alpha value is -2.06. The van der Waals surface area contributed by atoms with Crippen molar-refractivity contribution in [3.63, 3.8) is 0 Å². The lowest BCUT2D eigenvalue weighted by Gasteiger charge is -2.35. The van der Waals surface area contributed by atoms with Crippen LogP contribution in [-0.2, 0) is 9.53 Å². The Labute approximate surface area is 119 Å². The molecular weight excluding hydrogens is 254 g/mol. The van der Waals surface area contributed by atoms with Crippen LogP contribution in [0.4, 0.5) is 5.69 Å². The third-order valence-corrected chi connectivity index (χ3v) is 3.25. The van der Waals surface area contributed by atoms with Gasteiger partial charge in [0.25, 0.3) is 0 Å². The van der Waals surface area contributed by atoms with Crippen molar-refractivity contribution in [3.8, 4) is 6.19 Å². The second-order valence-electron chi connectivity index (χ2n) is 5.08. The Balaban J connectivity index is 2.01. The number of hydrogen-bond acceptors (Lipinski definition) is 4. The molecule has 20 heavy (non-hydrogen) atoms. The molecule has 1 aromatic rings. The monoisotopic (exact) mass is 273 g/mol. The second-order valence-corrected chi connectivity index (χ2v) is 5.08. The number of para-hydroxylation sites is 1. The predicted molar refractivity (Wildman–Crippen MR) is 76.0 cm³/mol. The van der Waals surface area contributed by atoms with Gasteiger partial charge in [0, 0.05) is 13.1 Å². The minimum Gasteiger partial charge on any atom is -0.372 e. The number of carbonyl (C=O) groups is 1. The molecule has 0 saturated carbocycles. The maximum atomic E-state index is 12.3. The summed E-state index contributed by atoms with van der Waals surface area (Å²) in [7, 11) is 0. The molecule has 0 radical (unpaired) electrons. The van der Waals surface area contributed by atoms with Gasteiger partial charge in [0.1, 0.15) is 6.54 Å². The van der Waals surface area contributed by atoms with Crippen LogP contribution in [0.15, 0.2) is 30.3 Å². The number of rotatable bonds is 3. The van der Waals surface area contributed by atoms with Crippen molar-refractivity contribution in [2.45, 2.75) is 26.1 Å². The molecule has 2 atom stereocenters. The fourth-order valence-electron chi connectivity index (χ4n) is 2.41. The number of benzene rings is 1. The quantitative estimate of drug-likeness (QED) is 0.620. The molecule has 1 fully saturated rings. The molecule has 0 bridgehead atoms. The first-order valence-electron chi connectivity index (χ1n) is 6.75. The van der Waals surface area contributed by atoms with Gasteiger partial charge < -0.3 is 9.64 Å². The molecule has 106 valence electrons. The maximum absolute atomic E-state index is 12.3. The third-order valence-electron chi connectivity index (χ3n) is 3.25. The summed E-state index contributed by atoms with van der Waals surface area (Å²) in [6, 6.07) is 9.22. The van der Waals surface area contributed by atoms with Crippen LogP contribution in [0, 0.1) is 11.5 Å². The number of carbonyl (C=O) groups excluding carboxylic acids is 1. The summed E-state index contributed by atoms with van der Waals surface area (Å²) >= 11 is 0. The van der Waals surface area contributed by atoms with E-state index in [0.29, 0.717) is 13.1 Å². The highest BCUT2D eigenvalue weighted by molar-refractivity contribution is 5.82. The van der Waals surface area contributed by atoms with Crippen LogP contribution >= 0.6 is 0 Å². The second kappa shape index (κ2) is 6.40.